The third-order valence-corrected chi connectivity index (χ3v) is 6.91. The number of halogens is 1. The predicted molar refractivity (Wildman–Crippen MR) is 115 cm³/mol. The largest absolute Gasteiger partial charge is 0.279 e. The lowest BCUT2D eigenvalue weighted by Crippen LogP contribution is -2.27. The van der Waals surface area contributed by atoms with Gasteiger partial charge in [-0.2, -0.15) is 17.9 Å². The smallest absolute Gasteiger partial charge is 0.253 e. The average Bonchev–Trinajstić information content (AvgIpc) is 3.26. The van der Waals surface area contributed by atoms with Gasteiger partial charge in [-0.15, -0.1) is 0 Å². The van der Waals surface area contributed by atoms with Gasteiger partial charge in [-0.25, -0.2) is 4.39 Å². The number of rotatable bonds is 4. The Morgan fingerprint density at radius 2 is 1.58 bits per heavy atom. The average molecular weight is 432 g/mol. The van der Waals surface area contributed by atoms with Crippen molar-refractivity contribution in [1.29, 1.82) is 0 Å². The van der Waals surface area contributed by atoms with Gasteiger partial charge < -0.3 is 0 Å². The van der Waals surface area contributed by atoms with E-state index in [9.17, 15) is 12.8 Å². The number of aromatic nitrogens is 2. The zero-order valence-corrected chi connectivity index (χ0v) is 17.1. The summed E-state index contributed by atoms with van der Waals surface area (Å²) in [6, 6.07) is 19.2. The van der Waals surface area contributed by atoms with Gasteiger partial charge in [-0.1, -0.05) is 36.4 Å². The Kier molecular flexibility index (Phi) is 4.71. The molecule has 0 amide bonds. The maximum atomic E-state index is 13.4. The van der Waals surface area contributed by atoms with Crippen molar-refractivity contribution in [3.05, 3.63) is 102 Å². The summed E-state index contributed by atoms with van der Waals surface area (Å²) in [7, 11) is -4.00. The van der Waals surface area contributed by atoms with Gasteiger partial charge >= 0.3 is 0 Å². The second-order valence-corrected chi connectivity index (χ2v) is 8.96. The molecule has 31 heavy (non-hydrogen) atoms. The van der Waals surface area contributed by atoms with Crippen LogP contribution in [0.4, 0.5) is 4.39 Å². The van der Waals surface area contributed by atoms with Crippen LogP contribution in [0.1, 0.15) is 23.6 Å². The molecule has 0 saturated heterocycles. The van der Waals surface area contributed by atoms with E-state index in [1.165, 1.54) is 12.1 Å². The Balaban J connectivity index is 1.62. The molecule has 0 fully saturated rings. The summed E-state index contributed by atoms with van der Waals surface area (Å²) in [6.07, 6.45) is 3.61. The first-order valence-electron chi connectivity index (χ1n) is 9.66. The van der Waals surface area contributed by atoms with Crippen LogP contribution in [-0.2, 0) is 10.0 Å². The number of hydrogen-bond donors (Lipinski definition) is 0. The summed E-state index contributed by atoms with van der Waals surface area (Å²) in [4.78, 5) is 8.60. The highest BCUT2D eigenvalue weighted by molar-refractivity contribution is 7.89. The van der Waals surface area contributed by atoms with E-state index in [0.29, 0.717) is 17.6 Å². The molecule has 4 aromatic rings. The van der Waals surface area contributed by atoms with Crippen LogP contribution in [0.2, 0.25) is 0 Å². The SMILES string of the molecule is O=S(=O)(c1ccc(F)cc1)N1N=C(c2ccccc2)C[C@@H]1c1ccc2nccnc2c1. The number of nitrogens with zero attached hydrogens (tertiary/aromatic N) is 4. The Morgan fingerprint density at radius 3 is 2.32 bits per heavy atom. The highest BCUT2D eigenvalue weighted by Gasteiger charge is 2.37. The first-order valence-corrected chi connectivity index (χ1v) is 11.1. The van der Waals surface area contributed by atoms with Crippen molar-refractivity contribution in [3.63, 3.8) is 0 Å². The molecule has 1 aromatic heterocycles. The second kappa shape index (κ2) is 7.55. The molecule has 0 N–H and O–H groups in total. The lowest BCUT2D eigenvalue weighted by molar-refractivity contribution is 0.371. The van der Waals surface area contributed by atoms with E-state index in [4.69, 9.17) is 0 Å². The molecule has 6 nitrogen and oxygen atoms in total. The minimum atomic E-state index is -4.00. The Bertz CT molecular complexity index is 1390. The van der Waals surface area contributed by atoms with Gasteiger partial charge in [0.1, 0.15) is 5.82 Å². The van der Waals surface area contributed by atoms with Crippen LogP contribution in [0, 0.1) is 5.82 Å². The quantitative estimate of drug-likeness (QED) is 0.482. The van der Waals surface area contributed by atoms with E-state index in [1.54, 1.807) is 12.4 Å². The van der Waals surface area contributed by atoms with Gasteiger partial charge in [0.15, 0.2) is 0 Å². The van der Waals surface area contributed by atoms with E-state index in [0.717, 1.165) is 33.2 Å². The lowest BCUT2D eigenvalue weighted by atomic mass is 9.99. The fraction of sp³-hybridized carbons (Fsp3) is 0.0870. The first-order chi connectivity index (χ1) is 15.0. The van der Waals surface area contributed by atoms with Crippen molar-refractivity contribution in [1.82, 2.24) is 14.4 Å². The minimum absolute atomic E-state index is 0.0162. The maximum absolute atomic E-state index is 13.4. The Labute approximate surface area is 178 Å². The van der Waals surface area contributed by atoms with E-state index in [2.05, 4.69) is 15.1 Å². The van der Waals surface area contributed by atoms with E-state index < -0.39 is 21.9 Å². The van der Waals surface area contributed by atoms with Crippen LogP contribution in [0.5, 0.6) is 0 Å². The summed E-state index contributed by atoms with van der Waals surface area (Å²) in [5.74, 6) is -0.501. The third kappa shape index (κ3) is 3.55. The van der Waals surface area contributed by atoms with Crippen molar-refractivity contribution >= 4 is 26.8 Å². The highest BCUT2D eigenvalue weighted by atomic mass is 32.2. The Morgan fingerprint density at radius 1 is 0.871 bits per heavy atom. The van der Waals surface area contributed by atoms with Crippen molar-refractivity contribution < 1.29 is 12.8 Å². The number of hydrogen-bond acceptors (Lipinski definition) is 5. The molecule has 8 heteroatoms. The summed E-state index contributed by atoms with van der Waals surface area (Å²) in [6.45, 7) is 0. The van der Waals surface area contributed by atoms with Crippen molar-refractivity contribution in [2.45, 2.75) is 17.4 Å². The zero-order valence-electron chi connectivity index (χ0n) is 16.3. The van der Waals surface area contributed by atoms with Crippen LogP contribution in [0.3, 0.4) is 0 Å². The van der Waals surface area contributed by atoms with E-state index in [-0.39, 0.29) is 4.90 Å². The van der Waals surface area contributed by atoms with Crippen molar-refractivity contribution in [3.8, 4) is 0 Å². The monoisotopic (exact) mass is 432 g/mol. The second-order valence-electron chi connectivity index (χ2n) is 7.17. The molecule has 0 spiro atoms. The zero-order chi connectivity index (χ0) is 21.4. The van der Waals surface area contributed by atoms with Crippen molar-refractivity contribution in [2.75, 3.05) is 0 Å². The molecule has 0 saturated carbocycles. The summed E-state index contributed by atoms with van der Waals surface area (Å²) in [5.41, 5.74) is 3.67. The molecular formula is C23H17FN4O2S. The van der Waals surface area contributed by atoms with Crippen LogP contribution in [-0.4, -0.2) is 28.5 Å². The van der Waals surface area contributed by atoms with Crippen LogP contribution in [0.25, 0.3) is 11.0 Å². The summed E-state index contributed by atoms with van der Waals surface area (Å²) in [5, 5.41) is 4.50. The predicted octanol–water partition coefficient (Wildman–Crippen LogP) is 4.31. The molecule has 0 radical (unpaired) electrons. The molecule has 0 bridgehead atoms. The number of hydrazone groups is 1. The normalized spacial score (nSPS) is 16.5. The van der Waals surface area contributed by atoms with Gasteiger partial charge in [-0.3, -0.25) is 9.97 Å². The highest BCUT2D eigenvalue weighted by Crippen LogP contribution is 2.37. The Hall–Kier alpha value is -3.65. The lowest BCUT2D eigenvalue weighted by Gasteiger charge is -2.23. The van der Waals surface area contributed by atoms with Gasteiger partial charge in [0.05, 0.1) is 27.7 Å². The van der Waals surface area contributed by atoms with Crippen LogP contribution >= 0.6 is 0 Å². The van der Waals surface area contributed by atoms with Gasteiger partial charge in [0.25, 0.3) is 10.0 Å². The van der Waals surface area contributed by atoms with Gasteiger partial charge in [0.2, 0.25) is 0 Å². The molecule has 1 atom stereocenters. The summed E-state index contributed by atoms with van der Waals surface area (Å²) < 4.78 is 41.4. The number of fused-ring (bicyclic) bond motifs is 1. The molecule has 154 valence electrons. The van der Waals surface area contributed by atoms with E-state index in [1.807, 2.05) is 48.5 Å². The molecule has 0 unspecified atom stereocenters. The van der Waals surface area contributed by atoms with Crippen molar-refractivity contribution in [2.24, 2.45) is 5.10 Å². The fourth-order valence-corrected chi connectivity index (χ4v) is 5.10. The van der Waals surface area contributed by atoms with Gasteiger partial charge in [0, 0.05) is 18.8 Å². The summed E-state index contributed by atoms with van der Waals surface area (Å²) >= 11 is 0. The molecule has 1 aliphatic heterocycles. The molecule has 1 aliphatic rings. The first kappa shape index (κ1) is 19.3. The fourth-order valence-electron chi connectivity index (χ4n) is 3.67. The molecule has 2 heterocycles. The van der Waals surface area contributed by atoms with Crippen LogP contribution < -0.4 is 0 Å². The third-order valence-electron chi connectivity index (χ3n) is 5.22. The van der Waals surface area contributed by atoms with E-state index >= 15 is 0 Å². The molecule has 3 aromatic carbocycles. The maximum Gasteiger partial charge on any atom is 0.279 e. The minimum Gasteiger partial charge on any atom is -0.253 e. The molecular weight excluding hydrogens is 415 g/mol. The number of benzene rings is 3. The molecule has 5 rings (SSSR count). The molecule has 0 aliphatic carbocycles. The topological polar surface area (TPSA) is 75.5 Å². The number of sulfonamides is 1. The van der Waals surface area contributed by atoms with Crippen LogP contribution in [0.15, 0.2) is 95.2 Å². The standard InChI is InChI=1S/C23H17FN4O2S/c24-18-7-9-19(10-8-18)31(29,30)28-23(15-21(27-28)16-4-2-1-3-5-16)17-6-11-20-22(14-17)26-13-12-25-20/h1-14,23H,15H2/t23-/m1/s1. The van der Waals surface area contributed by atoms with Gasteiger partial charge in [-0.05, 0) is 47.5 Å².